The van der Waals surface area contributed by atoms with Gasteiger partial charge >= 0.3 is 0 Å². The number of nitrogens with one attached hydrogen (secondary N) is 2. The number of amides is 2. The van der Waals surface area contributed by atoms with Gasteiger partial charge in [-0.3, -0.25) is 9.59 Å². The molecule has 0 spiro atoms. The zero-order valence-electron chi connectivity index (χ0n) is 52.3. The topological polar surface area (TPSA) is 114 Å². The summed E-state index contributed by atoms with van der Waals surface area (Å²) in [6.45, 7) is 5.14. The molecule has 2 aliphatic carbocycles. The van der Waals surface area contributed by atoms with Crippen LogP contribution in [-0.2, 0) is 22.4 Å². The summed E-state index contributed by atoms with van der Waals surface area (Å²) in [5, 5.41) is 12.3. The summed E-state index contributed by atoms with van der Waals surface area (Å²) in [7, 11) is 7.36. The summed E-state index contributed by atoms with van der Waals surface area (Å²) >= 11 is 0. The molecule has 10 aromatic carbocycles. The minimum Gasteiger partial charge on any atom is -0.492 e. The largest absolute Gasteiger partial charge is 0.492 e. The first kappa shape index (κ1) is 63.3. The van der Waals surface area contributed by atoms with Crippen LogP contribution in [0.1, 0.15) is 49.4 Å². The summed E-state index contributed by atoms with van der Waals surface area (Å²) in [6.07, 6.45) is 5.11. The molecule has 12 rings (SSSR count). The molecule has 2 N–H and O–H groups in total. The maximum atomic E-state index is 11.0. The van der Waals surface area contributed by atoms with Crippen LogP contribution in [0.25, 0.3) is 44.8 Å². The molecular weight excluding hydrogens is 1150 g/mol. The Labute approximate surface area is 531 Å². The van der Waals surface area contributed by atoms with Gasteiger partial charge in [0, 0.05) is 69.2 Å². The van der Waals surface area contributed by atoms with Gasteiger partial charge in [0.05, 0.1) is 42.7 Å². The standard InChI is InChI=1S/C54H48O6P2.2C12H13NO/c1-55-47-43(37-25-13-7-14-26-37)53(61(39-29-17-9-18-30-39)40-31-19-10-20-32-40)45(49(57-3)51(47)59-5)46-50(58-4)52(60-6)48(56-2)44(38-27-15-8-16-28-38)54(46)62(41-33-21-11-22-34-41)42-35-23-12-24-36-42;1-8-7-10-5-3-4-6-11(10)12(8)13-9(2)14;1-9(14)13-12-8-4-6-10-5-2-3-7-11(10)12/h7-36H,1-6H3;3-6H,7H2,1-2H3,(H,13,14);2-3,5,7-8H,4,6H2,1H3,(H,13,14). The molecule has 10 aromatic rings. The Bertz CT molecular complexity index is 3910. The van der Waals surface area contributed by atoms with E-state index in [4.69, 9.17) is 28.4 Å². The number of allylic oxidation sites excluding steroid dienone is 2. The third kappa shape index (κ3) is 13.5. The molecule has 0 fully saturated rings. The fraction of sp³-hybridized carbons (Fsp3) is 0.154. The van der Waals surface area contributed by atoms with Crippen molar-refractivity contribution in [3.8, 4) is 67.9 Å². The zero-order chi connectivity index (χ0) is 63.1. The Balaban J connectivity index is 0.000000257. The molecule has 2 amide bonds. The number of carbonyl (C=O) groups is 2. The number of hydrogen-bond donors (Lipinski definition) is 2. The van der Waals surface area contributed by atoms with Crippen LogP contribution in [0.15, 0.2) is 242 Å². The summed E-state index contributed by atoms with van der Waals surface area (Å²) in [6, 6.07) is 80.0. The first-order chi connectivity index (χ1) is 44.0. The smallest absolute Gasteiger partial charge is 0.221 e. The summed E-state index contributed by atoms with van der Waals surface area (Å²) in [4.78, 5) is 22.0. The van der Waals surface area contributed by atoms with Crippen molar-refractivity contribution in [2.45, 2.75) is 40.0 Å². The van der Waals surface area contributed by atoms with Crippen LogP contribution in [0.3, 0.4) is 0 Å². The lowest BCUT2D eigenvalue weighted by molar-refractivity contribution is -0.118. The SMILES string of the molecule is CC(=O)NC1=C(C)Cc2ccccc21.CC(=O)NC1=CCCc2ccccc21.COc1c(OC)c(-c2ccccc2)c(P(c2ccccc2)c2ccccc2)c(-c2c(OC)c(OC)c(OC)c(-c3ccccc3)c2P(c2ccccc2)c2ccccc2)c1OC. The summed E-state index contributed by atoms with van der Waals surface area (Å²) in [5.74, 6) is 3.02. The fourth-order valence-electron chi connectivity index (χ4n) is 11.9. The number of methoxy groups -OCH3 is 6. The Morgan fingerprint density at radius 2 is 0.689 bits per heavy atom. The molecule has 454 valence electrons. The molecule has 0 saturated heterocycles. The normalized spacial score (nSPS) is 12.0. The number of ether oxygens (including phenoxy) is 6. The van der Waals surface area contributed by atoms with Gasteiger partial charge < -0.3 is 39.1 Å². The maximum Gasteiger partial charge on any atom is 0.221 e. The van der Waals surface area contributed by atoms with Gasteiger partial charge in [0.15, 0.2) is 23.0 Å². The van der Waals surface area contributed by atoms with Gasteiger partial charge in [-0.1, -0.05) is 237 Å². The van der Waals surface area contributed by atoms with E-state index in [1.54, 1.807) is 49.6 Å². The highest BCUT2D eigenvalue weighted by molar-refractivity contribution is 7.81. The number of carbonyl (C=O) groups excluding carboxylic acids is 2. The van der Waals surface area contributed by atoms with E-state index in [1.807, 2.05) is 36.4 Å². The first-order valence-electron chi connectivity index (χ1n) is 29.8. The predicted octanol–water partition coefficient (Wildman–Crippen LogP) is 14.5. The van der Waals surface area contributed by atoms with E-state index >= 15 is 0 Å². The average molecular weight is 1230 g/mol. The van der Waals surface area contributed by atoms with Gasteiger partial charge in [0.2, 0.25) is 23.3 Å². The highest BCUT2D eigenvalue weighted by atomic mass is 31.1. The van der Waals surface area contributed by atoms with Gasteiger partial charge in [-0.25, -0.2) is 0 Å². The lowest BCUT2D eigenvalue weighted by Crippen LogP contribution is -2.29. The third-order valence-corrected chi connectivity index (χ3v) is 20.7. The molecule has 0 aliphatic heterocycles. The predicted molar refractivity (Wildman–Crippen MR) is 373 cm³/mol. The van der Waals surface area contributed by atoms with Crippen molar-refractivity contribution < 1.29 is 38.0 Å². The van der Waals surface area contributed by atoms with Gasteiger partial charge in [-0.15, -0.1) is 0 Å². The van der Waals surface area contributed by atoms with E-state index in [0.29, 0.717) is 34.5 Å². The highest BCUT2D eigenvalue weighted by Gasteiger charge is 2.41. The molecule has 0 radical (unpaired) electrons. The van der Waals surface area contributed by atoms with Crippen LogP contribution >= 0.6 is 15.8 Å². The van der Waals surface area contributed by atoms with Gasteiger partial charge in [0.1, 0.15) is 0 Å². The first-order valence-corrected chi connectivity index (χ1v) is 32.5. The lowest BCUT2D eigenvalue weighted by Gasteiger charge is -2.34. The van der Waals surface area contributed by atoms with E-state index < -0.39 is 15.8 Å². The second-order valence-corrected chi connectivity index (χ2v) is 25.6. The van der Waals surface area contributed by atoms with Crippen molar-refractivity contribution in [1.29, 1.82) is 0 Å². The van der Waals surface area contributed by atoms with Crippen molar-refractivity contribution in [3.63, 3.8) is 0 Å². The van der Waals surface area contributed by atoms with Gasteiger partial charge in [0.25, 0.3) is 0 Å². The summed E-state index contributed by atoms with van der Waals surface area (Å²) in [5.41, 5.74) is 13.4. The molecule has 10 nitrogen and oxygen atoms in total. The van der Waals surface area contributed by atoms with Crippen LogP contribution in [0.5, 0.6) is 34.5 Å². The average Bonchev–Trinajstić information content (AvgIpc) is 0.839. The zero-order valence-corrected chi connectivity index (χ0v) is 54.1. The molecule has 0 saturated carbocycles. The number of benzene rings is 10. The number of rotatable bonds is 17. The van der Waals surface area contributed by atoms with E-state index in [1.165, 1.54) is 29.2 Å². The van der Waals surface area contributed by atoms with Crippen LogP contribution in [0.4, 0.5) is 0 Å². The molecule has 0 atom stereocenters. The van der Waals surface area contributed by atoms with E-state index in [9.17, 15) is 9.59 Å². The molecule has 2 aliphatic rings. The van der Waals surface area contributed by atoms with Crippen molar-refractivity contribution in [3.05, 3.63) is 264 Å². The van der Waals surface area contributed by atoms with Crippen molar-refractivity contribution in [1.82, 2.24) is 10.6 Å². The molecule has 0 unspecified atom stereocenters. The van der Waals surface area contributed by atoms with Crippen molar-refractivity contribution in [2.75, 3.05) is 42.7 Å². The third-order valence-electron chi connectivity index (χ3n) is 15.6. The van der Waals surface area contributed by atoms with Crippen LogP contribution in [-0.4, -0.2) is 54.5 Å². The fourth-order valence-corrected chi connectivity index (χ4v) is 17.2. The molecular formula is C78H74N2O8P2. The van der Waals surface area contributed by atoms with Gasteiger partial charge in [-0.2, -0.15) is 0 Å². The maximum absolute atomic E-state index is 11.0. The molecule has 0 aromatic heterocycles. The lowest BCUT2D eigenvalue weighted by atomic mass is 9.91. The van der Waals surface area contributed by atoms with E-state index in [0.717, 1.165) is 101 Å². The Kier molecular flexibility index (Phi) is 21.1. The van der Waals surface area contributed by atoms with E-state index in [2.05, 4.69) is 218 Å². The molecule has 90 heavy (non-hydrogen) atoms. The van der Waals surface area contributed by atoms with Crippen LogP contribution in [0, 0.1) is 0 Å². The number of aryl methyl sites for hydroxylation is 1. The van der Waals surface area contributed by atoms with Crippen LogP contribution in [0.2, 0.25) is 0 Å². The minimum atomic E-state index is -1.38. The summed E-state index contributed by atoms with van der Waals surface area (Å²) < 4.78 is 39.4. The number of hydrogen-bond acceptors (Lipinski definition) is 8. The second-order valence-electron chi connectivity index (χ2n) is 21.3. The minimum absolute atomic E-state index is 0.00365. The van der Waals surface area contributed by atoms with Gasteiger partial charge in [-0.05, 0) is 91.1 Å². The Morgan fingerprint density at radius 1 is 0.367 bits per heavy atom. The molecule has 0 bridgehead atoms. The highest BCUT2D eigenvalue weighted by Crippen LogP contribution is 2.60. The molecule has 0 heterocycles. The van der Waals surface area contributed by atoms with Crippen molar-refractivity contribution >= 4 is 70.9 Å². The quantitative estimate of drug-likeness (QED) is 0.0867. The van der Waals surface area contributed by atoms with E-state index in [-0.39, 0.29) is 11.8 Å². The second kappa shape index (κ2) is 30.0. The number of fused-ring (bicyclic) bond motifs is 2. The monoisotopic (exact) mass is 1230 g/mol. The Hall–Kier alpha value is -9.72. The van der Waals surface area contributed by atoms with Crippen molar-refractivity contribution in [2.24, 2.45) is 0 Å². The Morgan fingerprint density at radius 3 is 1.06 bits per heavy atom. The molecule has 12 heteroatoms. The van der Waals surface area contributed by atoms with Crippen LogP contribution < -0.4 is 70.9 Å².